The first kappa shape index (κ1) is 12.0. The Bertz CT molecular complexity index is 258. The SMILES string of the molecule is C=C(CF)NCC1CC1CC(N)C(=O)O. The summed E-state index contributed by atoms with van der Waals surface area (Å²) in [5.74, 6) is -0.184. The van der Waals surface area contributed by atoms with Crippen molar-refractivity contribution >= 4 is 5.97 Å². The van der Waals surface area contributed by atoms with E-state index in [1.165, 1.54) is 0 Å². The topological polar surface area (TPSA) is 75.3 Å². The van der Waals surface area contributed by atoms with Gasteiger partial charge in [0.15, 0.2) is 0 Å². The predicted molar refractivity (Wildman–Crippen MR) is 54.9 cm³/mol. The average Bonchev–Trinajstić information content (AvgIpc) is 2.92. The summed E-state index contributed by atoms with van der Waals surface area (Å²) >= 11 is 0. The van der Waals surface area contributed by atoms with Gasteiger partial charge < -0.3 is 16.2 Å². The van der Waals surface area contributed by atoms with Crippen LogP contribution in [0.4, 0.5) is 4.39 Å². The molecule has 1 aliphatic rings. The first-order chi connectivity index (χ1) is 7.04. The largest absolute Gasteiger partial charge is 0.480 e. The summed E-state index contributed by atoms with van der Waals surface area (Å²) in [6, 6.07) is -0.774. The normalized spacial score (nSPS) is 25.7. The van der Waals surface area contributed by atoms with Crippen molar-refractivity contribution in [1.82, 2.24) is 5.32 Å². The number of hydrogen-bond acceptors (Lipinski definition) is 3. The minimum atomic E-state index is -0.957. The third kappa shape index (κ3) is 3.87. The summed E-state index contributed by atoms with van der Waals surface area (Å²) in [6.45, 7) is 3.59. The fraction of sp³-hybridized carbons (Fsp3) is 0.700. The van der Waals surface area contributed by atoms with Crippen LogP contribution in [0, 0.1) is 11.8 Å². The van der Waals surface area contributed by atoms with Crippen LogP contribution in [0.15, 0.2) is 12.3 Å². The Hall–Kier alpha value is -1.10. The molecule has 0 saturated heterocycles. The van der Waals surface area contributed by atoms with E-state index in [0.29, 0.717) is 30.5 Å². The highest BCUT2D eigenvalue weighted by molar-refractivity contribution is 5.73. The maximum Gasteiger partial charge on any atom is 0.320 e. The average molecular weight is 216 g/mol. The van der Waals surface area contributed by atoms with Crippen molar-refractivity contribution in [3.63, 3.8) is 0 Å². The number of allylic oxidation sites excluding steroid dienone is 1. The lowest BCUT2D eigenvalue weighted by molar-refractivity contribution is -0.138. The van der Waals surface area contributed by atoms with Gasteiger partial charge in [-0.25, -0.2) is 4.39 Å². The minimum absolute atomic E-state index is 0.357. The first-order valence-electron chi connectivity index (χ1n) is 5.00. The zero-order valence-corrected chi connectivity index (χ0v) is 8.58. The van der Waals surface area contributed by atoms with E-state index in [9.17, 15) is 9.18 Å². The van der Waals surface area contributed by atoms with Crippen LogP contribution in [0.2, 0.25) is 0 Å². The van der Waals surface area contributed by atoms with Crippen molar-refractivity contribution in [3.8, 4) is 0 Å². The monoisotopic (exact) mass is 216 g/mol. The van der Waals surface area contributed by atoms with Gasteiger partial charge in [0.05, 0.1) is 0 Å². The molecule has 1 saturated carbocycles. The van der Waals surface area contributed by atoms with E-state index in [1.807, 2.05) is 0 Å². The molecule has 0 spiro atoms. The number of carbonyl (C=O) groups is 1. The van der Waals surface area contributed by atoms with Gasteiger partial charge in [-0.3, -0.25) is 4.79 Å². The number of nitrogens with two attached hydrogens (primary N) is 1. The van der Waals surface area contributed by atoms with Gasteiger partial charge in [-0.15, -0.1) is 0 Å². The molecule has 3 unspecified atom stereocenters. The third-order valence-corrected chi connectivity index (χ3v) is 2.72. The number of hydrogen-bond donors (Lipinski definition) is 3. The van der Waals surface area contributed by atoms with Gasteiger partial charge >= 0.3 is 5.97 Å². The Labute approximate surface area is 88.3 Å². The van der Waals surface area contributed by atoms with Crippen molar-refractivity contribution < 1.29 is 14.3 Å². The van der Waals surface area contributed by atoms with E-state index < -0.39 is 18.7 Å². The molecule has 1 aliphatic carbocycles. The highest BCUT2D eigenvalue weighted by Gasteiger charge is 2.38. The van der Waals surface area contributed by atoms with Crippen LogP contribution in [-0.4, -0.2) is 30.3 Å². The van der Waals surface area contributed by atoms with Crippen LogP contribution in [-0.2, 0) is 4.79 Å². The van der Waals surface area contributed by atoms with E-state index in [4.69, 9.17) is 10.8 Å². The van der Waals surface area contributed by atoms with Gasteiger partial charge in [-0.05, 0) is 24.7 Å². The van der Waals surface area contributed by atoms with Crippen molar-refractivity contribution in [2.75, 3.05) is 13.2 Å². The number of carboxylic acids is 1. The molecule has 1 rings (SSSR count). The van der Waals surface area contributed by atoms with Gasteiger partial charge in [0.1, 0.15) is 12.7 Å². The molecule has 0 radical (unpaired) electrons. The van der Waals surface area contributed by atoms with Crippen LogP contribution in [0.5, 0.6) is 0 Å². The smallest absolute Gasteiger partial charge is 0.320 e. The Morgan fingerprint density at radius 3 is 2.87 bits per heavy atom. The number of carboxylic acid groups (broad SMARTS) is 1. The fourth-order valence-corrected chi connectivity index (χ4v) is 1.60. The lowest BCUT2D eigenvalue weighted by Gasteiger charge is -2.07. The van der Waals surface area contributed by atoms with Crippen molar-refractivity contribution in [1.29, 1.82) is 0 Å². The van der Waals surface area contributed by atoms with Gasteiger partial charge in [0, 0.05) is 12.2 Å². The van der Waals surface area contributed by atoms with E-state index in [1.54, 1.807) is 0 Å². The van der Waals surface area contributed by atoms with Gasteiger partial charge in [0.25, 0.3) is 0 Å². The number of nitrogens with one attached hydrogen (secondary N) is 1. The van der Waals surface area contributed by atoms with Crippen LogP contribution < -0.4 is 11.1 Å². The predicted octanol–water partition coefficient (Wildman–Crippen LogP) is 0.497. The van der Waals surface area contributed by atoms with Crippen molar-refractivity contribution in [2.24, 2.45) is 17.6 Å². The quantitative estimate of drug-likeness (QED) is 0.579. The molecule has 15 heavy (non-hydrogen) atoms. The first-order valence-corrected chi connectivity index (χ1v) is 5.00. The molecule has 0 heterocycles. The maximum atomic E-state index is 12.0. The molecule has 0 aromatic carbocycles. The van der Waals surface area contributed by atoms with E-state index >= 15 is 0 Å². The van der Waals surface area contributed by atoms with Gasteiger partial charge in [-0.2, -0.15) is 0 Å². The van der Waals surface area contributed by atoms with Crippen molar-refractivity contribution in [2.45, 2.75) is 18.9 Å². The van der Waals surface area contributed by atoms with Crippen LogP contribution in [0.25, 0.3) is 0 Å². The molecule has 0 aromatic heterocycles. The molecule has 5 heteroatoms. The molecule has 4 nitrogen and oxygen atoms in total. The summed E-state index contributed by atoms with van der Waals surface area (Å²) in [5, 5.41) is 11.5. The lowest BCUT2D eigenvalue weighted by atomic mass is 10.1. The number of aliphatic carboxylic acids is 1. The molecule has 0 bridgehead atoms. The highest BCUT2D eigenvalue weighted by atomic mass is 19.1. The Kier molecular flexibility index (Phi) is 4.08. The summed E-state index contributed by atoms with van der Waals surface area (Å²) < 4.78 is 12.0. The maximum absolute atomic E-state index is 12.0. The Balaban J connectivity index is 2.13. The summed E-state index contributed by atoms with van der Waals surface area (Å²) in [7, 11) is 0. The molecule has 0 aliphatic heterocycles. The van der Waals surface area contributed by atoms with Gasteiger partial charge in [0.2, 0.25) is 0 Å². The van der Waals surface area contributed by atoms with E-state index in [0.717, 1.165) is 6.42 Å². The summed E-state index contributed by atoms with van der Waals surface area (Å²) in [6.07, 6.45) is 1.47. The summed E-state index contributed by atoms with van der Waals surface area (Å²) in [5.41, 5.74) is 5.78. The minimum Gasteiger partial charge on any atom is -0.480 e. The van der Waals surface area contributed by atoms with Crippen molar-refractivity contribution in [3.05, 3.63) is 12.3 Å². The molecule has 1 fully saturated rings. The number of halogens is 1. The third-order valence-electron chi connectivity index (χ3n) is 2.72. The highest BCUT2D eigenvalue weighted by Crippen LogP contribution is 2.41. The van der Waals surface area contributed by atoms with E-state index in [-0.39, 0.29) is 0 Å². The second kappa shape index (κ2) is 5.11. The molecular formula is C10H17FN2O2. The van der Waals surface area contributed by atoms with Crippen LogP contribution >= 0.6 is 0 Å². The molecule has 4 N–H and O–H groups in total. The lowest BCUT2D eigenvalue weighted by Crippen LogP contribution is -2.31. The zero-order chi connectivity index (χ0) is 11.4. The second-order valence-corrected chi connectivity index (χ2v) is 4.05. The molecule has 3 atom stereocenters. The molecule has 86 valence electrons. The Morgan fingerprint density at radius 2 is 2.33 bits per heavy atom. The van der Waals surface area contributed by atoms with Crippen LogP contribution in [0.3, 0.4) is 0 Å². The zero-order valence-electron chi connectivity index (χ0n) is 8.58. The molecule has 0 amide bonds. The number of alkyl halides is 1. The fourth-order valence-electron chi connectivity index (χ4n) is 1.60. The number of rotatable bonds is 7. The van der Waals surface area contributed by atoms with Crippen LogP contribution in [0.1, 0.15) is 12.8 Å². The van der Waals surface area contributed by atoms with E-state index in [2.05, 4.69) is 11.9 Å². The summed E-state index contributed by atoms with van der Waals surface area (Å²) in [4.78, 5) is 10.5. The standard InChI is InChI=1S/C10H17FN2O2/c1-6(4-11)13-5-8-2-7(8)3-9(12)10(14)15/h7-9,13H,1-5,12H2,(H,14,15). The molecular weight excluding hydrogens is 199 g/mol. The molecule has 0 aromatic rings. The second-order valence-electron chi connectivity index (χ2n) is 4.05. The van der Waals surface area contributed by atoms with Gasteiger partial charge in [-0.1, -0.05) is 6.58 Å². The Morgan fingerprint density at radius 1 is 1.67 bits per heavy atom.